The molecule has 2 N–H and O–H groups in total. The number of rotatable bonds is 5. The van der Waals surface area contributed by atoms with Crippen LogP contribution in [0.4, 0.5) is 0 Å². The molecule has 0 heterocycles. The topological polar surface area (TPSA) is 121 Å². The van der Waals surface area contributed by atoms with E-state index in [1.807, 2.05) is 0 Å². The smallest absolute Gasteiger partial charge is 0.299 e. The van der Waals surface area contributed by atoms with Crippen LogP contribution in [0.2, 0.25) is 0 Å². The van der Waals surface area contributed by atoms with Crippen LogP contribution < -0.4 is 0 Å². The third-order valence-electron chi connectivity index (χ3n) is 1.86. The van der Waals surface area contributed by atoms with Gasteiger partial charge in [0.1, 0.15) is 0 Å². The van der Waals surface area contributed by atoms with E-state index < -0.39 is 20.8 Å². The third kappa shape index (κ3) is 13.8. The fraction of sp³-hybridized carbons (Fsp3) is 1.00. The normalized spacial score (nSPS) is 12.8. The van der Waals surface area contributed by atoms with Crippen molar-refractivity contribution < 1.29 is 29.6 Å². The van der Waals surface area contributed by atoms with Gasteiger partial charge in [0.05, 0.1) is 0 Å². The van der Waals surface area contributed by atoms with Crippen LogP contribution in [-0.4, -0.2) is 49.5 Å². The maximum absolute atomic E-state index is 9.44. The molecule has 0 radical (unpaired) electrons. The first-order valence-corrected chi connectivity index (χ1v) is 7.94. The van der Waals surface area contributed by atoms with E-state index in [0.717, 1.165) is 6.54 Å². The van der Waals surface area contributed by atoms with Gasteiger partial charge in [0.15, 0.2) is 0 Å². The molecule has 0 saturated heterocycles. The van der Waals surface area contributed by atoms with Crippen LogP contribution in [0.1, 0.15) is 34.6 Å². The van der Waals surface area contributed by atoms with Crippen molar-refractivity contribution in [3.8, 4) is 0 Å². The summed E-state index contributed by atoms with van der Waals surface area (Å²) in [5.74, 6) is 0. The standard InChI is InChI=1S/C8H19N.H2O7S2/c1-6-9(7(2)3)8(4)5;1-8(2,3)7-9(4,5)6/h7-8H,6H2,1-5H3;(H,1,2,3)(H,4,5,6). The van der Waals surface area contributed by atoms with Gasteiger partial charge in [-0.05, 0) is 34.2 Å². The molecule has 0 aliphatic carbocycles. The zero-order chi connectivity index (χ0) is 15.1. The van der Waals surface area contributed by atoms with Gasteiger partial charge in [-0.25, -0.2) is 0 Å². The maximum Gasteiger partial charge on any atom is 0.413 e. The van der Waals surface area contributed by atoms with E-state index in [1.165, 1.54) is 0 Å². The monoisotopic (exact) mass is 307 g/mol. The van der Waals surface area contributed by atoms with Gasteiger partial charge >= 0.3 is 20.8 Å². The zero-order valence-electron chi connectivity index (χ0n) is 11.1. The van der Waals surface area contributed by atoms with Gasteiger partial charge < -0.3 is 0 Å². The molecule has 10 heteroatoms. The highest BCUT2D eigenvalue weighted by Crippen LogP contribution is 2.02. The summed E-state index contributed by atoms with van der Waals surface area (Å²) in [6.07, 6.45) is 0. The van der Waals surface area contributed by atoms with Crippen LogP contribution in [0.15, 0.2) is 0 Å². The quantitative estimate of drug-likeness (QED) is 0.713. The van der Waals surface area contributed by atoms with E-state index in [9.17, 15) is 16.8 Å². The molecule has 0 aliphatic heterocycles. The molecule has 0 bridgehead atoms. The minimum absolute atomic E-state index is 0.690. The van der Waals surface area contributed by atoms with Gasteiger partial charge in [-0.2, -0.15) is 16.8 Å². The second-order valence-electron chi connectivity index (χ2n) is 3.94. The minimum atomic E-state index is -5.12. The minimum Gasteiger partial charge on any atom is -0.299 e. The Bertz CT molecular complexity index is 375. The van der Waals surface area contributed by atoms with Crippen molar-refractivity contribution in [3.63, 3.8) is 0 Å². The molecule has 0 rings (SSSR count). The molecule has 0 amide bonds. The summed E-state index contributed by atoms with van der Waals surface area (Å²) >= 11 is 0. The molecular formula is C8H21NO7S2. The van der Waals surface area contributed by atoms with Crippen molar-refractivity contribution in [3.05, 3.63) is 0 Å². The summed E-state index contributed by atoms with van der Waals surface area (Å²) in [7, 11) is -10.2. The molecule has 0 aromatic carbocycles. The van der Waals surface area contributed by atoms with Gasteiger partial charge in [-0.3, -0.25) is 14.0 Å². The van der Waals surface area contributed by atoms with E-state index in [-0.39, 0.29) is 0 Å². The summed E-state index contributed by atoms with van der Waals surface area (Å²) in [5, 5.41) is 0. The van der Waals surface area contributed by atoms with Gasteiger partial charge in [0, 0.05) is 12.1 Å². The molecule has 0 aliphatic rings. The van der Waals surface area contributed by atoms with Crippen LogP contribution >= 0.6 is 0 Å². The SMILES string of the molecule is CCN(C(C)C)C(C)C.O=S(=O)(O)OS(=O)(=O)O. The van der Waals surface area contributed by atoms with E-state index in [4.69, 9.17) is 9.11 Å². The van der Waals surface area contributed by atoms with E-state index in [2.05, 4.69) is 43.1 Å². The molecular weight excluding hydrogens is 286 g/mol. The molecule has 0 fully saturated rings. The second kappa shape index (κ2) is 8.02. The third-order valence-corrected chi connectivity index (χ3v) is 3.24. The van der Waals surface area contributed by atoms with Crippen LogP contribution in [0.3, 0.4) is 0 Å². The lowest BCUT2D eigenvalue weighted by Gasteiger charge is -2.28. The molecule has 0 atom stereocenters. The highest BCUT2D eigenvalue weighted by atomic mass is 32.3. The molecule has 8 nitrogen and oxygen atoms in total. The second-order valence-corrected chi connectivity index (χ2v) is 6.20. The van der Waals surface area contributed by atoms with Crippen LogP contribution in [0.25, 0.3) is 0 Å². The Morgan fingerprint density at radius 1 is 0.944 bits per heavy atom. The molecule has 0 saturated carbocycles. The molecule has 18 heavy (non-hydrogen) atoms. The lowest BCUT2D eigenvalue weighted by Crippen LogP contribution is -2.36. The van der Waals surface area contributed by atoms with Gasteiger partial charge in [0.2, 0.25) is 0 Å². The lowest BCUT2D eigenvalue weighted by atomic mass is 10.2. The van der Waals surface area contributed by atoms with Crippen molar-refractivity contribution in [2.75, 3.05) is 6.54 Å². The fourth-order valence-corrected chi connectivity index (χ4v) is 2.30. The lowest BCUT2D eigenvalue weighted by molar-refractivity contribution is 0.185. The first-order valence-electron chi connectivity index (χ1n) is 5.21. The summed E-state index contributed by atoms with van der Waals surface area (Å²) < 4.78 is 55.6. The average molecular weight is 307 g/mol. The highest BCUT2D eigenvalue weighted by Gasteiger charge is 2.15. The Morgan fingerprint density at radius 2 is 1.22 bits per heavy atom. The molecule has 112 valence electrons. The Labute approximate surface area is 109 Å². The Balaban J connectivity index is 0. The predicted molar refractivity (Wildman–Crippen MR) is 66.8 cm³/mol. The van der Waals surface area contributed by atoms with Crippen molar-refractivity contribution >= 4 is 20.8 Å². The van der Waals surface area contributed by atoms with Gasteiger partial charge in [0.25, 0.3) is 0 Å². The van der Waals surface area contributed by atoms with Crippen molar-refractivity contribution in [2.24, 2.45) is 0 Å². The fourth-order valence-electron chi connectivity index (χ4n) is 1.44. The van der Waals surface area contributed by atoms with E-state index in [0.29, 0.717) is 12.1 Å². The maximum atomic E-state index is 9.44. The first kappa shape index (κ1) is 20.1. The van der Waals surface area contributed by atoms with Crippen LogP contribution in [0, 0.1) is 0 Å². The summed E-state index contributed by atoms with van der Waals surface area (Å²) in [6, 6.07) is 1.38. The first-order chi connectivity index (χ1) is 7.80. The zero-order valence-corrected chi connectivity index (χ0v) is 12.7. The van der Waals surface area contributed by atoms with Crippen molar-refractivity contribution in [2.45, 2.75) is 46.7 Å². The van der Waals surface area contributed by atoms with E-state index in [1.54, 1.807) is 0 Å². The summed E-state index contributed by atoms with van der Waals surface area (Å²) in [4.78, 5) is 2.46. The molecule has 0 aromatic heterocycles. The number of hydrogen-bond donors (Lipinski definition) is 2. The number of hydrogen-bond acceptors (Lipinski definition) is 6. The van der Waals surface area contributed by atoms with E-state index >= 15 is 0 Å². The van der Waals surface area contributed by atoms with Crippen molar-refractivity contribution in [1.82, 2.24) is 4.90 Å². The summed E-state index contributed by atoms with van der Waals surface area (Å²) in [6.45, 7) is 12.3. The number of nitrogens with zero attached hydrogens (tertiary/aromatic N) is 1. The van der Waals surface area contributed by atoms with Crippen LogP contribution in [0.5, 0.6) is 0 Å². The molecule has 0 aromatic rings. The Kier molecular flexibility index (Phi) is 8.94. The Hall–Kier alpha value is -0.260. The highest BCUT2D eigenvalue weighted by molar-refractivity contribution is 7.94. The molecule has 0 unspecified atom stereocenters. The van der Waals surface area contributed by atoms with Crippen molar-refractivity contribution in [1.29, 1.82) is 0 Å². The predicted octanol–water partition coefficient (Wildman–Crippen LogP) is 0.734. The summed E-state index contributed by atoms with van der Waals surface area (Å²) in [5.41, 5.74) is 0. The van der Waals surface area contributed by atoms with Gasteiger partial charge in [-0.1, -0.05) is 6.92 Å². The van der Waals surface area contributed by atoms with Gasteiger partial charge in [-0.15, -0.1) is 3.63 Å². The Morgan fingerprint density at radius 3 is 1.22 bits per heavy atom. The average Bonchev–Trinajstić information content (AvgIpc) is 1.96. The molecule has 0 spiro atoms. The largest absolute Gasteiger partial charge is 0.413 e. The van der Waals surface area contributed by atoms with Crippen LogP contribution in [-0.2, 0) is 24.4 Å².